The Labute approximate surface area is 95.6 Å². The Kier molecular flexibility index (Phi) is 3.75. The highest BCUT2D eigenvalue weighted by atomic mass is 35.5. The van der Waals surface area contributed by atoms with Crippen molar-refractivity contribution >= 4 is 17.8 Å². The van der Waals surface area contributed by atoms with E-state index in [0.29, 0.717) is 5.02 Å². The van der Waals surface area contributed by atoms with E-state index in [9.17, 15) is 0 Å². The molecule has 1 aromatic carbocycles. The molecule has 0 atom stereocenters. The molecular formula is C12H15ClNO. The number of benzene rings is 1. The molecule has 0 aliphatic rings. The summed E-state index contributed by atoms with van der Waals surface area (Å²) in [6.45, 7) is 6.32. The predicted molar refractivity (Wildman–Crippen MR) is 63.7 cm³/mol. The summed E-state index contributed by atoms with van der Waals surface area (Å²) in [5.74, 6) is 0. The number of nitrogens with zero attached hydrogens (tertiary/aromatic N) is 1. The zero-order chi connectivity index (χ0) is 11.5. The Balaban J connectivity index is 3.00. The van der Waals surface area contributed by atoms with Gasteiger partial charge in [-0.3, -0.25) is 0 Å². The lowest BCUT2D eigenvalue weighted by Crippen LogP contribution is -2.07. The maximum atomic E-state index is 8.44. The van der Waals surface area contributed by atoms with Crippen molar-refractivity contribution in [3.63, 3.8) is 0 Å². The number of oxime groups is 1. The van der Waals surface area contributed by atoms with Gasteiger partial charge in [0.1, 0.15) is 0 Å². The molecular weight excluding hydrogens is 210 g/mol. The fourth-order valence-corrected chi connectivity index (χ4v) is 1.46. The molecule has 1 N–H and O–H groups in total. The van der Waals surface area contributed by atoms with Crippen LogP contribution < -0.4 is 0 Å². The highest BCUT2D eigenvalue weighted by Crippen LogP contribution is 2.28. The van der Waals surface area contributed by atoms with Crippen molar-refractivity contribution in [3.05, 3.63) is 40.8 Å². The Morgan fingerprint density at radius 2 is 2.00 bits per heavy atom. The summed E-state index contributed by atoms with van der Waals surface area (Å²) in [6, 6.07) is 5.51. The van der Waals surface area contributed by atoms with Gasteiger partial charge in [0.2, 0.25) is 0 Å². The van der Waals surface area contributed by atoms with Crippen LogP contribution in [0.5, 0.6) is 0 Å². The number of hydrogen-bond acceptors (Lipinski definition) is 2. The summed E-state index contributed by atoms with van der Waals surface area (Å²) in [5.41, 5.74) is 1.86. The minimum Gasteiger partial charge on any atom is -0.411 e. The highest BCUT2D eigenvalue weighted by Gasteiger charge is 2.14. The van der Waals surface area contributed by atoms with E-state index in [1.807, 2.05) is 12.1 Å². The fourth-order valence-electron chi connectivity index (χ4n) is 1.29. The summed E-state index contributed by atoms with van der Waals surface area (Å²) in [7, 11) is 0. The average molecular weight is 225 g/mol. The molecule has 0 fully saturated rings. The van der Waals surface area contributed by atoms with Crippen molar-refractivity contribution in [1.82, 2.24) is 0 Å². The molecule has 0 amide bonds. The summed E-state index contributed by atoms with van der Waals surface area (Å²) in [5, 5.41) is 12.1. The summed E-state index contributed by atoms with van der Waals surface area (Å²) in [4.78, 5) is 0. The van der Waals surface area contributed by atoms with Crippen LogP contribution in [0.1, 0.15) is 31.9 Å². The monoisotopic (exact) mass is 224 g/mol. The van der Waals surface area contributed by atoms with Gasteiger partial charge in [0, 0.05) is 5.02 Å². The van der Waals surface area contributed by atoms with Crippen LogP contribution in [0, 0.1) is 11.8 Å². The van der Waals surface area contributed by atoms with Crippen molar-refractivity contribution in [1.29, 1.82) is 0 Å². The third-order valence-electron chi connectivity index (χ3n) is 1.82. The van der Waals surface area contributed by atoms with E-state index < -0.39 is 0 Å². The maximum absolute atomic E-state index is 8.44. The van der Waals surface area contributed by atoms with Crippen LogP contribution in [0.4, 0.5) is 0 Å². The SMILES string of the molecule is CC(C)(C)[CH]c1cc(/C=N/O)ccc1Cl. The third kappa shape index (κ3) is 3.92. The molecule has 0 aromatic heterocycles. The zero-order valence-electron chi connectivity index (χ0n) is 9.16. The zero-order valence-corrected chi connectivity index (χ0v) is 9.92. The molecule has 3 heteroatoms. The summed E-state index contributed by atoms with van der Waals surface area (Å²) >= 11 is 6.06. The van der Waals surface area contributed by atoms with Crippen LogP contribution in [0.15, 0.2) is 23.4 Å². The van der Waals surface area contributed by atoms with E-state index in [0.717, 1.165) is 11.1 Å². The molecule has 0 saturated heterocycles. The first kappa shape index (κ1) is 12.1. The summed E-state index contributed by atoms with van der Waals surface area (Å²) in [6.07, 6.45) is 3.47. The predicted octanol–water partition coefficient (Wildman–Crippen LogP) is 3.75. The van der Waals surface area contributed by atoms with E-state index in [1.54, 1.807) is 6.07 Å². The van der Waals surface area contributed by atoms with Gasteiger partial charge in [0.25, 0.3) is 0 Å². The topological polar surface area (TPSA) is 32.6 Å². The molecule has 1 aromatic rings. The van der Waals surface area contributed by atoms with Gasteiger partial charge in [-0.2, -0.15) is 0 Å². The fraction of sp³-hybridized carbons (Fsp3) is 0.333. The second kappa shape index (κ2) is 4.67. The molecule has 0 saturated carbocycles. The van der Waals surface area contributed by atoms with E-state index in [1.165, 1.54) is 6.21 Å². The first-order chi connectivity index (χ1) is 6.92. The molecule has 1 radical (unpaired) electrons. The Bertz CT molecular complexity index is 366. The first-order valence-electron chi connectivity index (χ1n) is 4.75. The molecule has 0 unspecified atom stereocenters. The van der Waals surface area contributed by atoms with Crippen molar-refractivity contribution in [2.24, 2.45) is 10.6 Å². The largest absolute Gasteiger partial charge is 0.411 e. The van der Waals surface area contributed by atoms with Gasteiger partial charge in [0.15, 0.2) is 0 Å². The van der Waals surface area contributed by atoms with Crippen LogP contribution >= 0.6 is 11.6 Å². The Morgan fingerprint density at radius 1 is 1.33 bits per heavy atom. The normalized spacial score (nSPS) is 12.3. The molecule has 2 nitrogen and oxygen atoms in total. The van der Waals surface area contributed by atoms with Crippen LogP contribution in [0.2, 0.25) is 5.02 Å². The van der Waals surface area contributed by atoms with E-state index in [2.05, 4.69) is 32.3 Å². The van der Waals surface area contributed by atoms with Gasteiger partial charge in [-0.1, -0.05) is 43.6 Å². The van der Waals surface area contributed by atoms with Gasteiger partial charge < -0.3 is 5.21 Å². The molecule has 0 aliphatic heterocycles. The first-order valence-corrected chi connectivity index (χ1v) is 5.13. The van der Waals surface area contributed by atoms with Gasteiger partial charge in [-0.15, -0.1) is 0 Å². The number of hydrogen-bond donors (Lipinski definition) is 1. The molecule has 1 rings (SSSR count). The molecule has 15 heavy (non-hydrogen) atoms. The number of halogens is 1. The van der Waals surface area contributed by atoms with Crippen molar-refractivity contribution in [2.45, 2.75) is 20.8 Å². The van der Waals surface area contributed by atoms with Crippen molar-refractivity contribution < 1.29 is 5.21 Å². The highest BCUT2D eigenvalue weighted by molar-refractivity contribution is 6.31. The van der Waals surface area contributed by atoms with Gasteiger partial charge in [-0.25, -0.2) is 0 Å². The lowest BCUT2D eigenvalue weighted by molar-refractivity contribution is 0.322. The van der Waals surface area contributed by atoms with Gasteiger partial charge in [0.05, 0.1) is 6.21 Å². The Hall–Kier alpha value is -1.02. The lowest BCUT2D eigenvalue weighted by atomic mass is 9.88. The van der Waals surface area contributed by atoms with E-state index in [-0.39, 0.29) is 5.41 Å². The van der Waals surface area contributed by atoms with E-state index in [4.69, 9.17) is 16.8 Å². The standard InChI is InChI=1S/C12H15ClNO/c1-12(2,3)7-10-6-9(8-14-15)4-5-11(10)13/h4-8,15H,1-3H3/b14-8+. The van der Waals surface area contributed by atoms with Crippen LogP contribution in [-0.4, -0.2) is 11.4 Å². The smallest absolute Gasteiger partial charge is 0.0733 e. The summed E-state index contributed by atoms with van der Waals surface area (Å²) < 4.78 is 0. The van der Waals surface area contributed by atoms with Crippen molar-refractivity contribution in [2.75, 3.05) is 0 Å². The van der Waals surface area contributed by atoms with E-state index >= 15 is 0 Å². The lowest BCUT2D eigenvalue weighted by Gasteiger charge is -2.18. The quantitative estimate of drug-likeness (QED) is 0.463. The van der Waals surface area contributed by atoms with Crippen molar-refractivity contribution in [3.8, 4) is 0 Å². The maximum Gasteiger partial charge on any atom is 0.0733 e. The third-order valence-corrected chi connectivity index (χ3v) is 2.16. The molecule has 81 valence electrons. The van der Waals surface area contributed by atoms with Crippen LogP contribution in [0.3, 0.4) is 0 Å². The number of rotatable bonds is 2. The molecule has 0 heterocycles. The second-order valence-electron chi connectivity index (χ2n) is 4.54. The second-order valence-corrected chi connectivity index (χ2v) is 4.94. The Morgan fingerprint density at radius 3 is 2.53 bits per heavy atom. The molecule has 0 spiro atoms. The molecule has 0 aliphatic carbocycles. The average Bonchev–Trinajstić information content (AvgIpc) is 2.09. The molecule has 0 bridgehead atoms. The van der Waals surface area contributed by atoms with Crippen LogP contribution in [-0.2, 0) is 0 Å². The minimum atomic E-state index is 0.0681. The van der Waals surface area contributed by atoms with Gasteiger partial charge in [-0.05, 0) is 35.1 Å². The minimum absolute atomic E-state index is 0.0681. The van der Waals surface area contributed by atoms with Gasteiger partial charge >= 0.3 is 0 Å². The van der Waals surface area contributed by atoms with Crippen LogP contribution in [0.25, 0.3) is 0 Å².